The Balaban J connectivity index is 1.56. The molecule has 130 valence electrons. The van der Waals surface area contributed by atoms with Gasteiger partial charge in [-0.25, -0.2) is 4.79 Å². The van der Waals surface area contributed by atoms with Gasteiger partial charge in [-0.2, -0.15) is 0 Å². The zero-order valence-electron chi connectivity index (χ0n) is 14.2. The van der Waals surface area contributed by atoms with Crippen LogP contribution in [0.2, 0.25) is 0 Å². The average molecular weight is 348 g/mol. The van der Waals surface area contributed by atoms with Gasteiger partial charge in [-0.1, -0.05) is 11.2 Å². The molecule has 1 aliphatic rings. The molecule has 1 fully saturated rings. The van der Waals surface area contributed by atoms with Gasteiger partial charge in [-0.15, -0.1) is 11.3 Å². The highest BCUT2D eigenvalue weighted by molar-refractivity contribution is 7.10. The summed E-state index contributed by atoms with van der Waals surface area (Å²) >= 11 is 1.75. The lowest BCUT2D eigenvalue weighted by Crippen LogP contribution is -2.42. The van der Waals surface area contributed by atoms with Crippen molar-refractivity contribution in [3.05, 3.63) is 39.9 Å². The van der Waals surface area contributed by atoms with Gasteiger partial charge in [0.15, 0.2) is 0 Å². The third kappa shape index (κ3) is 4.15. The number of rotatable bonds is 6. The molecule has 24 heavy (non-hydrogen) atoms. The highest BCUT2D eigenvalue weighted by atomic mass is 32.1. The molecule has 2 amide bonds. The SMILES string of the molecule is Cc1cc(CN(C)C(=O)NC[C@@H](c2cccs2)N2CCCC2)no1. The lowest BCUT2D eigenvalue weighted by atomic mass is 10.2. The third-order valence-corrected chi connectivity index (χ3v) is 5.30. The Bertz CT molecular complexity index is 649. The maximum absolute atomic E-state index is 12.4. The smallest absolute Gasteiger partial charge is 0.317 e. The summed E-state index contributed by atoms with van der Waals surface area (Å²) in [6.07, 6.45) is 2.47. The van der Waals surface area contributed by atoms with Gasteiger partial charge in [0.2, 0.25) is 0 Å². The Morgan fingerprint density at radius 3 is 2.92 bits per heavy atom. The zero-order valence-corrected chi connectivity index (χ0v) is 15.0. The van der Waals surface area contributed by atoms with Crippen molar-refractivity contribution in [3.63, 3.8) is 0 Å². The highest BCUT2D eigenvalue weighted by Crippen LogP contribution is 2.27. The van der Waals surface area contributed by atoms with Gasteiger partial charge in [-0.05, 0) is 44.3 Å². The fraction of sp³-hybridized carbons (Fsp3) is 0.529. The minimum Gasteiger partial charge on any atom is -0.361 e. The topological polar surface area (TPSA) is 61.6 Å². The van der Waals surface area contributed by atoms with Crippen molar-refractivity contribution >= 4 is 17.4 Å². The van der Waals surface area contributed by atoms with Crippen LogP contribution in [0, 0.1) is 6.92 Å². The molecule has 2 aromatic rings. The van der Waals surface area contributed by atoms with Gasteiger partial charge >= 0.3 is 6.03 Å². The first-order valence-corrected chi connectivity index (χ1v) is 9.20. The molecule has 0 aromatic carbocycles. The molecule has 2 aromatic heterocycles. The summed E-state index contributed by atoms with van der Waals surface area (Å²) in [4.78, 5) is 17.8. The molecule has 0 aliphatic carbocycles. The summed E-state index contributed by atoms with van der Waals surface area (Å²) in [5.74, 6) is 0.755. The number of aryl methyl sites for hydroxylation is 1. The Morgan fingerprint density at radius 1 is 1.50 bits per heavy atom. The summed E-state index contributed by atoms with van der Waals surface area (Å²) < 4.78 is 5.05. The van der Waals surface area contributed by atoms with E-state index in [1.165, 1.54) is 17.7 Å². The van der Waals surface area contributed by atoms with Crippen LogP contribution in [0.3, 0.4) is 0 Å². The molecular formula is C17H24N4O2S. The standard InChI is InChI=1S/C17H24N4O2S/c1-13-10-14(19-23-13)12-20(2)17(22)18-11-15(16-6-5-9-24-16)21-7-3-4-8-21/h5-6,9-10,15H,3-4,7-8,11-12H2,1-2H3,(H,18,22)/t15-/m0/s1. The second-order valence-corrected chi connectivity index (χ2v) is 7.22. The van der Waals surface area contributed by atoms with Crippen LogP contribution in [-0.2, 0) is 6.54 Å². The van der Waals surface area contributed by atoms with Crippen LogP contribution >= 0.6 is 11.3 Å². The number of urea groups is 1. The van der Waals surface area contributed by atoms with Crippen LogP contribution in [0.4, 0.5) is 4.79 Å². The van der Waals surface area contributed by atoms with E-state index in [0.29, 0.717) is 13.1 Å². The maximum atomic E-state index is 12.4. The van der Waals surface area contributed by atoms with Crippen LogP contribution in [0.15, 0.2) is 28.1 Å². The Morgan fingerprint density at radius 2 is 2.29 bits per heavy atom. The van der Waals surface area contributed by atoms with E-state index in [-0.39, 0.29) is 12.1 Å². The average Bonchev–Trinajstić information content (AvgIpc) is 3.30. The van der Waals surface area contributed by atoms with Crippen molar-refractivity contribution in [1.29, 1.82) is 0 Å². The van der Waals surface area contributed by atoms with Crippen LogP contribution in [0.25, 0.3) is 0 Å². The van der Waals surface area contributed by atoms with Crippen molar-refractivity contribution in [1.82, 2.24) is 20.3 Å². The number of aromatic nitrogens is 1. The van der Waals surface area contributed by atoms with Gasteiger partial charge in [0.25, 0.3) is 0 Å². The summed E-state index contributed by atoms with van der Waals surface area (Å²) in [6.45, 7) is 5.12. The molecule has 1 saturated heterocycles. The number of carbonyl (C=O) groups is 1. The maximum Gasteiger partial charge on any atom is 0.317 e. The van der Waals surface area contributed by atoms with Crippen molar-refractivity contribution in [2.45, 2.75) is 32.4 Å². The summed E-state index contributed by atoms with van der Waals surface area (Å²) in [5, 5.41) is 9.10. The van der Waals surface area contributed by atoms with E-state index in [9.17, 15) is 4.79 Å². The number of thiophene rings is 1. The van der Waals surface area contributed by atoms with Gasteiger partial charge in [-0.3, -0.25) is 4.90 Å². The van der Waals surface area contributed by atoms with Crippen LogP contribution in [0.1, 0.15) is 35.2 Å². The van der Waals surface area contributed by atoms with Crippen molar-refractivity contribution in [2.75, 3.05) is 26.7 Å². The van der Waals surface area contributed by atoms with E-state index >= 15 is 0 Å². The zero-order chi connectivity index (χ0) is 16.9. The molecule has 1 aliphatic heterocycles. The predicted octanol–water partition coefficient (Wildman–Crippen LogP) is 3.02. The van der Waals surface area contributed by atoms with E-state index in [4.69, 9.17) is 4.52 Å². The minimum absolute atomic E-state index is 0.0867. The molecule has 1 N–H and O–H groups in total. The Labute approximate surface area is 146 Å². The van der Waals surface area contributed by atoms with E-state index in [1.807, 2.05) is 13.0 Å². The number of likely N-dealkylation sites (tertiary alicyclic amines) is 1. The molecule has 7 heteroatoms. The normalized spacial score (nSPS) is 16.2. The van der Waals surface area contributed by atoms with E-state index in [0.717, 1.165) is 24.5 Å². The van der Waals surface area contributed by atoms with Crippen LogP contribution in [0.5, 0.6) is 0 Å². The monoisotopic (exact) mass is 348 g/mol. The number of nitrogens with zero attached hydrogens (tertiary/aromatic N) is 3. The summed E-state index contributed by atoms with van der Waals surface area (Å²) in [7, 11) is 1.77. The molecular weight excluding hydrogens is 324 g/mol. The van der Waals surface area contributed by atoms with Crippen molar-refractivity contribution in [3.8, 4) is 0 Å². The fourth-order valence-corrected chi connectivity index (χ4v) is 3.93. The highest BCUT2D eigenvalue weighted by Gasteiger charge is 2.25. The third-order valence-electron chi connectivity index (χ3n) is 4.32. The quantitative estimate of drug-likeness (QED) is 0.872. The Hall–Kier alpha value is -1.86. The molecule has 0 saturated carbocycles. The van der Waals surface area contributed by atoms with Gasteiger partial charge in [0.1, 0.15) is 11.5 Å². The molecule has 0 bridgehead atoms. The van der Waals surface area contributed by atoms with Crippen LogP contribution in [-0.4, -0.2) is 47.7 Å². The Kier molecular flexibility index (Phi) is 5.52. The predicted molar refractivity (Wildman–Crippen MR) is 94.0 cm³/mol. The van der Waals surface area contributed by atoms with Gasteiger partial charge < -0.3 is 14.7 Å². The number of carbonyl (C=O) groups excluding carboxylic acids is 1. The first-order valence-electron chi connectivity index (χ1n) is 8.32. The first-order chi connectivity index (χ1) is 11.6. The molecule has 6 nitrogen and oxygen atoms in total. The lowest BCUT2D eigenvalue weighted by Gasteiger charge is -2.28. The van der Waals surface area contributed by atoms with E-state index < -0.39 is 0 Å². The first kappa shape index (κ1) is 17.0. The number of hydrogen-bond donors (Lipinski definition) is 1. The second kappa shape index (κ2) is 7.81. The van der Waals surface area contributed by atoms with E-state index in [1.54, 1.807) is 23.3 Å². The van der Waals surface area contributed by atoms with E-state index in [2.05, 4.69) is 32.9 Å². The number of amides is 2. The van der Waals surface area contributed by atoms with Crippen molar-refractivity contribution in [2.24, 2.45) is 0 Å². The lowest BCUT2D eigenvalue weighted by molar-refractivity contribution is 0.195. The van der Waals surface area contributed by atoms with Gasteiger partial charge in [0.05, 0.1) is 12.6 Å². The molecule has 0 unspecified atom stereocenters. The van der Waals surface area contributed by atoms with Crippen molar-refractivity contribution < 1.29 is 9.32 Å². The molecule has 0 spiro atoms. The summed E-state index contributed by atoms with van der Waals surface area (Å²) in [5.41, 5.74) is 0.763. The minimum atomic E-state index is -0.0867. The number of nitrogens with one attached hydrogen (secondary N) is 1. The number of hydrogen-bond acceptors (Lipinski definition) is 5. The molecule has 0 radical (unpaired) electrons. The summed E-state index contributed by atoms with van der Waals surface area (Å²) in [6, 6.07) is 6.25. The molecule has 3 rings (SSSR count). The van der Waals surface area contributed by atoms with Crippen LogP contribution < -0.4 is 5.32 Å². The molecule has 1 atom stereocenters. The fourth-order valence-electron chi connectivity index (χ4n) is 3.07. The second-order valence-electron chi connectivity index (χ2n) is 6.25. The van der Waals surface area contributed by atoms with Gasteiger partial charge in [0, 0.05) is 24.5 Å². The largest absolute Gasteiger partial charge is 0.361 e. The molecule has 3 heterocycles.